The monoisotopic (exact) mass is 396 g/mol. The van der Waals surface area contributed by atoms with Crippen molar-refractivity contribution in [2.24, 2.45) is 0 Å². The molecule has 0 aliphatic carbocycles. The molecule has 3 aromatic rings. The maximum Gasteiger partial charge on any atom is 0.0648 e. The first-order valence-electron chi connectivity index (χ1n) is 9.92. The highest BCUT2D eigenvalue weighted by molar-refractivity contribution is 7.09. The number of piperazine rings is 1. The van der Waals surface area contributed by atoms with Crippen molar-refractivity contribution in [2.75, 3.05) is 26.2 Å². The SMILES string of the molecule is Cc1cc(-n2cccn2)ccc1CN1CCN(Cc2cccs2)[C@@H](CCO)C1. The molecule has 0 spiro atoms. The Kier molecular flexibility index (Phi) is 6.22. The number of hydrogen-bond donors (Lipinski definition) is 1. The largest absolute Gasteiger partial charge is 0.396 e. The Labute approximate surface area is 170 Å². The second kappa shape index (κ2) is 9.01. The molecule has 1 N–H and O–H groups in total. The van der Waals surface area contributed by atoms with Crippen molar-refractivity contribution in [3.63, 3.8) is 0 Å². The number of nitrogens with zero attached hydrogens (tertiary/aromatic N) is 4. The Morgan fingerprint density at radius 3 is 2.82 bits per heavy atom. The summed E-state index contributed by atoms with van der Waals surface area (Å²) in [5, 5.41) is 16.0. The van der Waals surface area contributed by atoms with Crippen LogP contribution in [0.1, 0.15) is 22.4 Å². The molecule has 148 valence electrons. The van der Waals surface area contributed by atoms with Gasteiger partial charge in [0.25, 0.3) is 0 Å². The van der Waals surface area contributed by atoms with Crippen molar-refractivity contribution in [2.45, 2.75) is 32.5 Å². The molecule has 0 amide bonds. The summed E-state index contributed by atoms with van der Waals surface area (Å²) in [6.45, 7) is 7.50. The Balaban J connectivity index is 1.41. The van der Waals surface area contributed by atoms with Crippen molar-refractivity contribution in [1.29, 1.82) is 0 Å². The standard InChI is InChI=1S/C22H28N4OS/c1-18-14-20(26-9-3-8-23-26)6-5-19(18)15-24-10-11-25(21(16-24)7-12-27)17-22-4-2-13-28-22/h2-6,8-9,13-14,21,27H,7,10-12,15-17H2,1H3/t21-/m0/s1. The van der Waals surface area contributed by atoms with Crippen LogP contribution in [0, 0.1) is 6.92 Å². The molecule has 1 atom stereocenters. The molecule has 3 heterocycles. The van der Waals surface area contributed by atoms with Gasteiger partial charge in [0.2, 0.25) is 0 Å². The normalized spacial score (nSPS) is 18.6. The van der Waals surface area contributed by atoms with Crippen LogP contribution in [-0.2, 0) is 13.1 Å². The van der Waals surface area contributed by atoms with E-state index in [0.717, 1.165) is 44.8 Å². The van der Waals surface area contributed by atoms with Gasteiger partial charge in [0.1, 0.15) is 0 Å². The van der Waals surface area contributed by atoms with Crippen LogP contribution in [0.3, 0.4) is 0 Å². The molecule has 1 aliphatic heterocycles. The molecule has 0 unspecified atom stereocenters. The molecule has 1 fully saturated rings. The van der Waals surface area contributed by atoms with Crippen molar-refractivity contribution in [3.05, 3.63) is 70.2 Å². The Bertz CT molecular complexity index is 863. The molecule has 1 saturated heterocycles. The molecule has 1 aromatic carbocycles. The number of aromatic nitrogens is 2. The molecular weight excluding hydrogens is 368 g/mol. The summed E-state index contributed by atoms with van der Waals surface area (Å²) in [6.07, 6.45) is 4.61. The molecule has 0 radical (unpaired) electrons. The van der Waals surface area contributed by atoms with E-state index in [0.29, 0.717) is 6.04 Å². The zero-order chi connectivity index (χ0) is 19.3. The summed E-state index contributed by atoms with van der Waals surface area (Å²) >= 11 is 1.82. The van der Waals surface area contributed by atoms with E-state index in [1.54, 1.807) is 6.20 Å². The predicted molar refractivity (Wildman–Crippen MR) is 114 cm³/mol. The minimum atomic E-state index is 0.247. The number of hydrogen-bond acceptors (Lipinski definition) is 5. The Hall–Kier alpha value is -1.99. The average molecular weight is 397 g/mol. The number of thiophene rings is 1. The highest BCUT2D eigenvalue weighted by Crippen LogP contribution is 2.22. The zero-order valence-electron chi connectivity index (χ0n) is 16.4. The van der Waals surface area contributed by atoms with Crippen molar-refractivity contribution in [1.82, 2.24) is 19.6 Å². The van der Waals surface area contributed by atoms with Gasteiger partial charge in [0, 0.05) is 62.6 Å². The van der Waals surface area contributed by atoms with E-state index in [2.05, 4.69) is 57.5 Å². The maximum atomic E-state index is 9.55. The van der Waals surface area contributed by atoms with E-state index in [4.69, 9.17) is 0 Å². The van der Waals surface area contributed by atoms with Crippen LogP contribution in [0.25, 0.3) is 5.69 Å². The molecule has 1 aliphatic rings. The highest BCUT2D eigenvalue weighted by Gasteiger charge is 2.27. The van der Waals surface area contributed by atoms with Crippen LogP contribution in [0.5, 0.6) is 0 Å². The van der Waals surface area contributed by atoms with Crippen molar-refractivity contribution in [3.8, 4) is 5.69 Å². The fraction of sp³-hybridized carbons (Fsp3) is 0.409. The van der Waals surface area contributed by atoms with Crippen molar-refractivity contribution >= 4 is 11.3 Å². The van der Waals surface area contributed by atoms with Gasteiger partial charge in [0.05, 0.1) is 5.69 Å². The van der Waals surface area contributed by atoms with E-state index in [-0.39, 0.29) is 6.61 Å². The minimum Gasteiger partial charge on any atom is -0.396 e. The van der Waals surface area contributed by atoms with Gasteiger partial charge in [0.15, 0.2) is 0 Å². The van der Waals surface area contributed by atoms with Gasteiger partial charge in [-0.25, -0.2) is 4.68 Å². The fourth-order valence-electron chi connectivity index (χ4n) is 4.00. The second-order valence-corrected chi connectivity index (χ2v) is 8.54. The lowest BCUT2D eigenvalue weighted by Gasteiger charge is -2.41. The minimum absolute atomic E-state index is 0.247. The van der Waals surface area contributed by atoms with Crippen LogP contribution in [0.15, 0.2) is 54.2 Å². The molecule has 28 heavy (non-hydrogen) atoms. The molecule has 0 bridgehead atoms. The third-order valence-corrected chi connectivity index (χ3v) is 6.44. The van der Waals surface area contributed by atoms with Gasteiger partial charge in [-0.2, -0.15) is 5.10 Å². The first-order valence-corrected chi connectivity index (χ1v) is 10.8. The molecular formula is C22H28N4OS. The maximum absolute atomic E-state index is 9.55. The molecule has 4 rings (SSSR count). The van der Waals surface area contributed by atoms with Crippen LogP contribution >= 0.6 is 11.3 Å². The van der Waals surface area contributed by atoms with Crippen LogP contribution in [0.2, 0.25) is 0 Å². The van der Waals surface area contributed by atoms with Crippen LogP contribution in [0.4, 0.5) is 0 Å². The summed E-state index contributed by atoms with van der Waals surface area (Å²) in [4.78, 5) is 6.47. The predicted octanol–water partition coefficient (Wildman–Crippen LogP) is 3.31. The summed E-state index contributed by atoms with van der Waals surface area (Å²) in [6, 6.07) is 13.3. The summed E-state index contributed by atoms with van der Waals surface area (Å²) in [7, 11) is 0. The molecule has 2 aromatic heterocycles. The lowest BCUT2D eigenvalue weighted by molar-refractivity contribution is 0.0506. The number of rotatable bonds is 7. The fourth-order valence-corrected chi connectivity index (χ4v) is 4.73. The quantitative estimate of drug-likeness (QED) is 0.665. The summed E-state index contributed by atoms with van der Waals surface area (Å²) < 4.78 is 1.90. The van der Waals surface area contributed by atoms with Gasteiger partial charge < -0.3 is 5.11 Å². The molecule has 0 saturated carbocycles. The Morgan fingerprint density at radius 2 is 2.11 bits per heavy atom. The summed E-state index contributed by atoms with van der Waals surface area (Å²) in [5.74, 6) is 0. The van der Waals surface area contributed by atoms with Gasteiger partial charge in [-0.1, -0.05) is 12.1 Å². The third kappa shape index (κ3) is 4.52. The van der Waals surface area contributed by atoms with Crippen LogP contribution < -0.4 is 0 Å². The van der Waals surface area contributed by atoms with E-state index < -0.39 is 0 Å². The lowest BCUT2D eigenvalue weighted by atomic mass is 10.0. The Morgan fingerprint density at radius 1 is 1.18 bits per heavy atom. The lowest BCUT2D eigenvalue weighted by Crippen LogP contribution is -2.52. The number of aryl methyl sites for hydroxylation is 1. The third-order valence-electron chi connectivity index (χ3n) is 5.58. The highest BCUT2D eigenvalue weighted by atomic mass is 32.1. The topological polar surface area (TPSA) is 44.5 Å². The number of benzene rings is 1. The molecule has 5 nitrogen and oxygen atoms in total. The smallest absolute Gasteiger partial charge is 0.0648 e. The zero-order valence-corrected chi connectivity index (χ0v) is 17.2. The van der Waals surface area contributed by atoms with Crippen molar-refractivity contribution < 1.29 is 5.11 Å². The second-order valence-electron chi connectivity index (χ2n) is 7.51. The van der Waals surface area contributed by atoms with Gasteiger partial charge in [-0.05, 0) is 54.1 Å². The van der Waals surface area contributed by atoms with Gasteiger partial charge in [-0.3, -0.25) is 9.80 Å². The average Bonchev–Trinajstić information content (AvgIpc) is 3.40. The summed E-state index contributed by atoms with van der Waals surface area (Å²) in [5.41, 5.74) is 3.77. The first-order chi connectivity index (χ1) is 13.7. The number of aliphatic hydroxyl groups is 1. The molecule has 6 heteroatoms. The van der Waals surface area contributed by atoms with E-state index in [9.17, 15) is 5.11 Å². The van der Waals surface area contributed by atoms with Gasteiger partial charge >= 0.3 is 0 Å². The van der Waals surface area contributed by atoms with E-state index in [1.807, 2.05) is 28.3 Å². The van der Waals surface area contributed by atoms with E-state index >= 15 is 0 Å². The van der Waals surface area contributed by atoms with Gasteiger partial charge in [-0.15, -0.1) is 11.3 Å². The first kappa shape index (κ1) is 19.3. The van der Waals surface area contributed by atoms with Crippen LogP contribution in [-0.4, -0.2) is 57.0 Å². The van der Waals surface area contributed by atoms with E-state index in [1.165, 1.54) is 16.0 Å². The number of aliphatic hydroxyl groups excluding tert-OH is 1.